The normalized spacial score (nSPS) is 10.3. The Morgan fingerprint density at radius 2 is 2.16 bits per heavy atom. The molecule has 0 unspecified atom stereocenters. The van der Waals surface area contributed by atoms with Crippen molar-refractivity contribution in [3.63, 3.8) is 0 Å². The molecule has 0 spiro atoms. The van der Waals surface area contributed by atoms with Crippen LogP contribution in [-0.2, 0) is 0 Å². The Bertz CT molecular complexity index is 787. The molecule has 3 rings (SSSR count). The van der Waals surface area contributed by atoms with Crippen LogP contribution < -0.4 is 5.32 Å². The first-order valence-electron chi connectivity index (χ1n) is 5.61. The third-order valence-electron chi connectivity index (χ3n) is 2.56. The van der Waals surface area contributed by atoms with E-state index < -0.39 is 0 Å². The first kappa shape index (κ1) is 11.2. The molecule has 0 aliphatic heterocycles. The minimum Gasteiger partial charge on any atom is -0.443 e. The summed E-state index contributed by atoms with van der Waals surface area (Å²) in [6, 6.07) is 9.14. The van der Waals surface area contributed by atoms with Crippen LogP contribution in [0.4, 0.5) is 11.5 Å². The summed E-state index contributed by atoms with van der Waals surface area (Å²) in [4.78, 5) is 12.3. The molecule has 1 N–H and O–H groups in total. The molecular weight excluding hydrogens is 242 g/mol. The number of nitrogens with one attached hydrogen (secondary N) is 1. The number of nitrogens with zero attached hydrogens (tertiary/aromatic N) is 4. The second kappa shape index (κ2) is 4.38. The maximum absolute atomic E-state index is 8.87. The summed E-state index contributed by atoms with van der Waals surface area (Å²) in [7, 11) is 0. The number of hydrogen-bond acceptors (Lipinski definition) is 6. The molecule has 0 saturated heterocycles. The lowest BCUT2D eigenvalue weighted by atomic mass is 10.3. The predicted molar refractivity (Wildman–Crippen MR) is 68.8 cm³/mol. The van der Waals surface area contributed by atoms with Crippen LogP contribution in [0.3, 0.4) is 0 Å². The van der Waals surface area contributed by atoms with Crippen LogP contribution in [-0.4, -0.2) is 15.0 Å². The monoisotopic (exact) mass is 251 g/mol. The average Bonchev–Trinajstić information content (AvgIpc) is 2.85. The van der Waals surface area contributed by atoms with Gasteiger partial charge >= 0.3 is 0 Å². The third-order valence-corrected chi connectivity index (χ3v) is 2.56. The molecule has 92 valence electrons. The number of hydrogen-bond donors (Lipinski definition) is 1. The number of aromatic nitrogens is 3. The topological polar surface area (TPSA) is 87.6 Å². The van der Waals surface area contributed by atoms with Crippen LogP contribution in [0.15, 0.2) is 35.1 Å². The summed E-state index contributed by atoms with van der Waals surface area (Å²) in [6.07, 6.45) is 1.40. The molecule has 0 aliphatic rings. The molecule has 3 aromatic rings. The first-order valence-corrected chi connectivity index (χ1v) is 5.61. The van der Waals surface area contributed by atoms with Gasteiger partial charge in [0.2, 0.25) is 0 Å². The summed E-state index contributed by atoms with van der Waals surface area (Å²) in [5, 5.41) is 12.0. The Kier molecular flexibility index (Phi) is 2.58. The van der Waals surface area contributed by atoms with Crippen molar-refractivity contribution in [2.75, 3.05) is 5.32 Å². The SMILES string of the molecule is Cc1nc(C#N)cc(Nc2ccc3ncoc3c2)n1. The van der Waals surface area contributed by atoms with Crippen LogP contribution in [0.25, 0.3) is 11.1 Å². The predicted octanol–water partition coefficient (Wildman–Crippen LogP) is 2.54. The van der Waals surface area contributed by atoms with Gasteiger partial charge in [0, 0.05) is 17.8 Å². The summed E-state index contributed by atoms with van der Waals surface area (Å²) in [6.45, 7) is 1.74. The molecule has 0 atom stereocenters. The van der Waals surface area contributed by atoms with Crippen LogP contribution in [0.1, 0.15) is 11.5 Å². The fourth-order valence-electron chi connectivity index (χ4n) is 1.77. The van der Waals surface area contributed by atoms with Gasteiger partial charge in [-0.05, 0) is 19.1 Å². The average molecular weight is 251 g/mol. The molecule has 0 bridgehead atoms. The van der Waals surface area contributed by atoms with E-state index in [-0.39, 0.29) is 0 Å². The van der Waals surface area contributed by atoms with E-state index in [0.29, 0.717) is 22.9 Å². The second-order valence-electron chi connectivity index (χ2n) is 3.96. The molecule has 0 fully saturated rings. The van der Waals surface area contributed by atoms with Gasteiger partial charge in [-0.1, -0.05) is 0 Å². The highest BCUT2D eigenvalue weighted by atomic mass is 16.3. The Labute approximate surface area is 108 Å². The summed E-state index contributed by atoms with van der Waals surface area (Å²) < 4.78 is 5.23. The van der Waals surface area contributed by atoms with Gasteiger partial charge < -0.3 is 9.73 Å². The van der Waals surface area contributed by atoms with E-state index in [2.05, 4.69) is 20.3 Å². The number of oxazole rings is 1. The zero-order valence-corrected chi connectivity index (χ0v) is 10.1. The van der Waals surface area contributed by atoms with Crippen molar-refractivity contribution in [3.05, 3.63) is 42.2 Å². The quantitative estimate of drug-likeness (QED) is 0.753. The summed E-state index contributed by atoms with van der Waals surface area (Å²) >= 11 is 0. The van der Waals surface area contributed by atoms with Crippen molar-refractivity contribution < 1.29 is 4.42 Å². The maximum Gasteiger partial charge on any atom is 0.181 e. The molecule has 6 nitrogen and oxygen atoms in total. The number of anilines is 2. The smallest absolute Gasteiger partial charge is 0.181 e. The molecule has 1 aromatic carbocycles. The Morgan fingerprint density at radius 1 is 1.26 bits per heavy atom. The zero-order valence-electron chi connectivity index (χ0n) is 10.1. The van der Waals surface area contributed by atoms with Crippen molar-refractivity contribution >= 4 is 22.6 Å². The van der Waals surface area contributed by atoms with Gasteiger partial charge in [0.05, 0.1) is 0 Å². The fraction of sp³-hybridized carbons (Fsp3) is 0.0769. The van der Waals surface area contributed by atoms with Crippen LogP contribution in [0, 0.1) is 18.3 Å². The largest absolute Gasteiger partial charge is 0.443 e. The number of fused-ring (bicyclic) bond motifs is 1. The van der Waals surface area contributed by atoms with Gasteiger partial charge in [0.15, 0.2) is 12.0 Å². The highest BCUT2D eigenvalue weighted by molar-refractivity contribution is 5.78. The van der Waals surface area contributed by atoms with Crippen LogP contribution >= 0.6 is 0 Å². The standard InChI is InChI=1S/C13H9N5O/c1-8-16-10(6-14)5-13(17-8)18-9-2-3-11-12(4-9)19-7-15-11/h2-5,7H,1H3,(H,16,17,18). The highest BCUT2D eigenvalue weighted by Gasteiger charge is 2.04. The number of aryl methyl sites for hydroxylation is 1. The van der Waals surface area contributed by atoms with E-state index in [9.17, 15) is 0 Å². The van der Waals surface area contributed by atoms with Crippen molar-refractivity contribution in [3.8, 4) is 6.07 Å². The molecule has 2 heterocycles. The van der Waals surface area contributed by atoms with E-state index >= 15 is 0 Å². The lowest BCUT2D eigenvalue weighted by Gasteiger charge is -2.06. The van der Waals surface area contributed by atoms with Gasteiger partial charge in [0.25, 0.3) is 0 Å². The molecule has 19 heavy (non-hydrogen) atoms. The van der Waals surface area contributed by atoms with E-state index in [1.54, 1.807) is 13.0 Å². The Morgan fingerprint density at radius 3 is 3.00 bits per heavy atom. The zero-order chi connectivity index (χ0) is 13.2. The second-order valence-corrected chi connectivity index (χ2v) is 3.96. The minimum absolute atomic E-state index is 0.329. The lowest BCUT2D eigenvalue weighted by Crippen LogP contribution is -1.98. The minimum atomic E-state index is 0.329. The van der Waals surface area contributed by atoms with Gasteiger partial charge in [-0.3, -0.25) is 0 Å². The molecule has 2 aromatic heterocycles. The maximum atomic E-state index is 8.87. The summed E-state index contributed by atoms with van der Waals surface area (Å²) in [5.41, 5.74) is 2.63. The van der Waals surface area contributed by atoms with E-state index in [1.807, 2.05) is 24.3 Å². The van der Waals surface area contributed by atoms with E-state index in [4.69, 9.17) is 9.68 Å². The van der Waals surface area contributed by atoms with Gasteiger partial charge in [-0.25, -0.2) is 15.0 Å². The molecule has 6 heteroatoms. The van der Waals surface area contributed by atoms with Crippen molar-refractivity contribution in [2.45, 2.75) is 6.92 Å². The summed E-state index contributed by atoms with van der Waals surface area (Å²) in [5.74, 6) is 1.12. The first-order chi connectivity index (χ1) is 9.24. The molecule has 0 aliphatic carbocycles. The number of benzene rings is 1. The third kappa shape index (κ3) is 2.21. The Balaban J connectivity index is 1.96. The Hall–Kier alpha value is -2.94. The van der Waals surface area contributed by atoms with Crippen LogP contribution in [0.2, 0.25) is 0 Å². The molecule has 0 saturated carbocycles. The molecule has 0 radical (unpaired) electrons. The van der Waals surface area contributed by atoms with Crippen molar-refractivity contribution in [2.24, 2.45) is 0 Å². The molecule has 0 amide bonds. The van der Waals surface area contributed by atoms with Gasteiger partial charge in [0.1, 0.15) is 28.9 Å². The van der Waals surface area contributed by atoms with Gasteiger partial charge in [-0.15, -0.1) is 0 Å². The van der Waals surface area contributed by atoms with E-state index in [1.165, 1.54) is 6.39 Å². The fourth-order valence-corrected chi connectivity index (χ4v) is 1.77. The number of rotatable bonds is 2. The van der Waals surface area contributed by atoms with Crippen molar-refractivity contribution in [1.82, 2.24) is 15.0 Å². The van der Waals surface area contributed by atoms with Gasteiger partial charge in [-0.2, -0.15) is 5.26 Å². The lowest BCUT2D eigenvalue weighted by molar-refractivity contribution is 0.602. The highest BCUT2D eigenvalue weighted by Crippen LogP contribution is 2.21. The van der Waals surface area contributed by atoms with Crippen molar-refractivity contribution in [1.29, 1.82) is 5.26 Å². The molecular formula is C13H9N5O. The van der Waals surface area contributed by atoms with E-state index in [0.717, 1.165) is 11.2 Å². The van der Waals surface area contributed by atoms with Crippen LogP contribution in [0.5, 0.6) is 0 Å². The number of nitriles is 1.